The molecule has 0 radical (unpaired) electrons. The lowest BCUT2D eigenvalue weighted by Crippen LogP contribution is -2.31. The Balaban J connectivity index is 1.86. The fourth-order valence-corrected chi connectivity index (χ4v) is 5.75. The Hall–Kier alpha value is -3.92. The highest BCUT2D eigenvalue weighted by Crippen LogP contribution is 2.46. The summed E-state index contributed by atoms with van der Waals surface area (Å²) < 4.78 is 0. The summed E-state index contributed by atoms with van der Waals surface area (Å²) in [5, 5.41) is 3.78. The van der Waals surface area contributed by atoms with Crippen molar-refractivity contribution in [1.82, 2.24) is 9.97 Å². The van der Waals surface area contributed by atoms with Crippen LogP contribution in [-0.2, 0) is 5.41 Å². The summed E-state index contributed by atoms with van der Waals surface area (Å²) in [4.78, 5) is 12.2. The molecule has 0 aliphatic carbocycles. The molecule has 2 heterocycles. The van der Waals surface area contributed by atoms with Crippen LogP contribution in [0.2, 0.25) is 0 Å². The van der Waals surface area contributed by atoms with Crippen molar-refractivity contribution in [3.63, 3.8) is 0 Å². The topological polar surface area (TPSA) is 41.1 Å². The summed E-state index contributed by atoms with van der Waals surface area (Å²) in [6.07, 6.45) is 8.52. The number of rotatable bonds is 4. The minimum absolute atomic E-state index is 0.0692. The third-order valence-electron chi connectivity index (χ3n) is 7.89. The zero-order valence-electron chi connectivity index (χ0n) is 22.5. The zero-order chi connectivity index (χ0) is 26.0. The first kappa shape index (κ1) is 24.8. The third kappa shape index (κ3) is 4.42. The smallest absolute Gasteiger partial charge is 0.158 e. The van der Waals surface area contributed by atoms with Crippen LogP contribution in [0.4, 0.5) is 22.9 Å². The second-order valence-electron chi connectivity index (χ2n) is 10.0. The summed E-state index contributed by atoms with van der Waals surface area (Å²) in [5.74, 6) is 0.812. The first-order valence-electron chi connectivity index (χ1n) is 13.3. The number of benzene rings is 3. The predicted octanol–water partition coefficient (Wildman–Crippen LogP) is 8.66. The molecular weight excluding hydrogens is 452 g/mol. The van der Waals surface area contributed by atoms with Gasteiger partial charge in [0.05, 0.1) is 0 Å². The zero-order valence-corrected chi connectivity index (χ0v) is 22.5. The van der Waals surface area contributed by atoms with Crippen LogP contribution in [0.3, 0.4) is 0 Å². The van der Waals surface area contributed by atoms with Crippen molar-refractivity contribution in [2.24, 2.45) is 0 Å². The van der Waals surface area contributed by atoms with E-state index in [0.717, 1.165) is 47.0 Å². The van der Waals surface area contributed by atoms with Crippen molar-refractivity contribution in [3.8, 4) is 11.3 Å². The molecule has 1 aliphatic rings. The molecule has 0 fully saturated rings. The van der Waals surface area contributed by atoms with E-state index < -0.39 is 0 Å². The number of nitrogens with zero attached hydrogens (tertiary/aromatic N) is 3. The summed E-state index contributed by atoms with van der Waals surface area (Å²) >= 11 is 0. The van der Waals surface area contributed by atoms with E-state index in [9.17, 15) is 0 Å². The third-order valence-corrected chi connectivity index (χ3v) is 7.89. The van der Waals surface area contributed by atoms with E-state index >= 15 is 0 Å². The molecule has 1 atom stereocenters. The van der Waals surface area contributed by atoms with Gasteiger partial charge in [0, 0.05) is 28.4 Å². The molecule has 4 heteroatoms. The Kier molecular flexibility index (Phi) is 6.84. The molecule has 0 amide bonds. The van der Waals surface area contributed by atoms with Crippen molar-refractivity contribution in [2.75, 3.05) is 10.2 Å². The second kappa shape index (κ2) is 10.2. The standard InChI is InChI=1S/C33H36N4/c1-6-33(7-2)21-20-25(5)37(26-16-9-8-10-17-26)31-30(29-23(3)14-13-15-24(29)4)34-22-35-32(31)36-28-19-12-11-18-27(28)33/h8-22,25H,6-7H2,1-5H3,(H,34,35,36)/b21-20-. The number of fused-ring (bicyclic) bond motifs is 2. The van der Waals surface area contributed by atoms with Gasteiger partial charge in [-0.05, 0) is 68.5 Å². The molecule has 0 saturated heterocycles. The number of aromatic nitrogens is 2. The average molecular weight is 489 g/mol. The molecule has 4 aromatic rings. The maximum Gasteiger partial charge on any atom is 0.158 e. The molecule has 37 heavy (non-hydrogen) atoms. The summed E-state index contributed by atoms with van der Waals surface area (Å²) in [6.45, 7) is 11.1. The lowest BCUT2D eigenvalue weighted by molar-refractivity contribution is 0.496. The van der Waals surface area contributed by atoms with Crippen LogP contribution < -0.4 is 10.2 Å². The minimum atomic E-state index is -0.0693. The number of hydrogen-bond donors (Lipinski definition) is 1. The average Bonchev–Trinajstić information content (AvgIpc) is 2.92. The Bertz CT molecular complexity index is 1400. The predicted molar refractivity (Wildman–Crippen MR) is 156 cm³/mol. The first-order chi connectivity index (χ1) is 18.0. The molecule has 0 spiro atoms. The molecule has 188 valence electrons. The van der Waals surface area contributed by atoms with Gasteiger partial charge in [-0.25, -0.2) is 9.97 Å². The SMILES string of the molecule is CCC1(CC)/C=C\C(C)N(c2ccccc2)c2c(ncnc2-c2c(C)cccc2C)Nc2ccccc21. The lowest BCUT2D eigenvalue weighted by atomic mass is 9.74. The molecule has 1 aliphatic heterocycles. The lowest BCUT2D eigenvalue weighted by Gasteiger charge is -2.37. The van der Waals surface area contributed by atoms with Gasteiger partial charge < -0.3 is 10.2 Å². The van der Waals surface area contributed by atoms with Crippen molar-refractivity contribution < 1.29 is 0 Å². The number of para-hydroxylation sites is 2. The number of aryl methyl sites for hydroxylation is 2. The maximum absolute atomic E-state index is 4.92. The Morgan fingerprint density at radius 1 is 0.838 bits per heavy atom. The first-order valence-corrected chi connectivity index (χ1v) is 13.3. The Labute approximate surface area is 221 Å². The normalized spacial score (nSPS) is 17.3. The van der Waals surface area contributed by atoms with Crippen molar-refractivity contribution in [3.05, 3.63) is 108 Å². The van der Waals surface area contributed by atoms with E-state index in [-0.39, 0.29) is 11.5 Å². The number of allylic oxidation sites excluding steroid dienone is 1. The number of hydrogen-bond acceptors (Lipinski definition) is 4. The fourth-order valence-electron chi connectivity index (χ4n) is 5.75. The van der Waals surface area contributed by atoms with Crippen LogP contribution in [0, 0.1) is 13.8 Å². The van der Waals surface area contributed by atoms with E-state index in [2.05, 4.69) is 130 Å². The van der Waals surface area contributed by atoms with E-state index in [1.54, 1.807) is 6.33 Å². The van der Waals surface area contributed by atoms with Crippen LogP contribution in [0.25, 0.3) is 11.3 Å². The molecule has 1 N–H and O–H groups in total. The molecular formula is C33H36N4. The Morgan fingerprint density at radius 2 is 1.51 bits per heavy atom. The van der Waals surface area contributed by atoms with E-state index in [1.165, 1.54) is 16.7 Å². The molecule has 4 nitrogen and oxygen atoms in total. The molecule has 3 aromatic carbocycles. The van der Waals surface area contributed by atoms with Crippen molar-refractivity contribution in [1.29, 1.82) is 0 Å². The van der Waals surface area contributed by atoms with E-state index in [0.29, 0.717) is 0 Å². The highest BCUT2D eigenvalue weighted by atomic mass is 15.2. The van der Waals surface area contributed by atoms with Crippen LogP contribution in [0.5, 0.6) is 0 Å². The van der Waals surface area contributed by atoms with E-state index in [1.807, 2.05) is 0 Å². The van der Waals surface area contributed by atoms with Gasteiger partial charge in [0.15, 0.2) is 5.82 Å². The monoisotopic (exact) mass is 488 g/mol. The minimum Gasteiger partial charge on any atom is -0.338 e. The van der Waals surface area contributed by atoms with Gasteiger partial charge in [0.25, 0.3) is 0 Å². The Morgan fingerprint density at radius 3 is 2.22 bits per heavy atom. The van der Waals surface area contributed by atoms with Crippen molar-refractivity contribution >= 4 is 22.9 Å². The van der Waals surface area contributed by atoms with Gasteiger partial charge in [-0.3, -0.25) is 0 Å². The number of nitrogens with one attached hydrogen (secondary N) is 1. The highest BCUT2D eigenvalue weighted by Gasteiger charge is 2.32. The molecule has 0 saturated carbocycles. The van der Waals surface area contributed by atoms with Gasteiger partial charge in [-0.15, -0.1) is 0 Å². The quantitative estimate of drug-likeness (QED) is 0.292. The molecule has 0 bridgehead atoms. The summed E-state index contributed by atoms with van der Waals surface area (Å²) in [5.41, 5.74) is 8.90. The van der Waals surface area contributed by atoms with Crippen LogP contribution in [0.1, 0.15) is 50.3 Å². The molecule has 1 aromatic heterocycles. The van der Waals surface area contributed by atoms with Crippen LogP contribution >= 0.6 is 0 Å². The number of anilines is 4. The summed E-state index contributed by atoms with van der Waals surface area (Å²) in [6, 6.07) is 25.8. The molecule has 1 unspecified atom stereocenters. The van der Waals surface area contributed by atoms with Crippen LogP contribution in [0.15, 0.2) is 91.3 Å². The highest BCUT2D eigenvalue weighted by molar-refractivity contribution is 5.91. The van der Waals surface area contributed by atoms with Crippen molar-refractivity contribution in [2.45, 2.75) is 58.9 Å². The van der Waals surface area contributed by atoms with Gasteiger partial charge >= 0.3 is 0 Å². The second-order valence-corrected chi connectivity index (χ2v) is 10.0. The summed E-state index contributed by atoms with van der Waals surface area (Å²) in [7, 11) is 0. The molecule has 5 rings (SSSR count). The van der Waals surface area contributed by atoms with Gasteiger partial charge in [-0.2, -0.15) is 0 Å². The largest absolute Gasteiger partial charge is 0.338 e. The van der Waals surface area contributed by atoms with E-state index in [4.69, 9.17) is 9.97 Å². The van der Waals surface area contributed by atoms with Gasteiger partial charge in [0.2, 0.25) is 0 Å². The van der Waals surface area contributed by atoms with Gasteiger partial charge in [-0.1, -0.05) is 80.6 Å². The van der Waals surface area contributed by atoms with Crippen LogP contribution in [-0.4, -0.2) is 16.0 Å². The maximum atomic E-state index is 4.92. The fraction of sp³-hybridized carbons (Fsp3) is 0.273. The van der Waals surface area contributed by atoms with Gasteiger partial charge in [0.1, 0.15) is 17.7 Å².